The maximum absolute atomic E-state index is 13.6. The number of hydrogen-bond donors (Lipinski definition) is 2. The minimum Gasteiger partial charge on any atom is -0.497 e. The molecule has 3 aromatic rings. The Morgan fingerprint density at radius 3 is 2.34 bits per heavy atom. The van der Waals surface area contributed by atoms with Gasteiger partial charge >= 0.3 is 0 Å². The Labute approximate surface area is 185 Å². The summed E-state index contributed by atoms with van der Waals surface area (Å²) < 4.78 is 6.72. The van der Waals surface area contributed by atoms with E-state index in [4.69, 9.17) is 16.2 Å². The molecule has 0 bridgehead atoms. The van der Waals surface area contributed by atoms with Crippen molar-refractivity contribution < 1.29 is 14.3 Å². The molecule has 8 nitrogen and oxygen atoms in total. The van der Waals surface area contributed by atoms with Crippen LogP contribution in [-0.4, -0.2) is 40.8 Å². The van der Waals surface area contributed by atoms with Crippen LogP contribution in [0.15, 0.2) is 48.5 Å². The van der Waals surface area contributed by atoms with Gasteiger partial charge < -0.3 is 21.1 Å². The summed E-state index contributed by atoms with van der Waals surface area (Å²) in [5.74, 6) is -0.175. The van der Waals surface area contributed by atoms with Gasteiger partial charge in [0.15, 0.2) is 5.69 Å². The highest BCUT2D eigenvalue weighted by atomic mass is 16.5. The molecule has 2 heterocycles. The maximum atomic E-state index is 13.6. The van der Waals surface area contributed by atoms with E-state index in [-0.39, 0.29) is 17.1 Å². The predicted molar refractivity (Wildman–Crippen MR) is 120 cm³/mol. The fourth-order valence-electron chi connectivity index (χ4n) is 4.25. The molecule has 1 fully saturated rings. The topological polar surface area (TPSA) is 116 Å². The van der Waals surface area contributed by atoms with Gasteiger partial charge in [0.1, 0.15) is 11.4 Å². The van der Waals surface area contributed by atoms with Gasteiger partial charge in [0.2, 0.25) is 0 Å². The number of nitrogens with zero attached hydrogens (tertiary/aromatic N) is 3. The monoisotopic (exact) mass is 431 g/mol. The third-order valence-electron chi connectivity index (χ3n) is 6.26. The van der Waals surface area contributed by atoms with E-state index in [2.05, 4.69) is 5.10 Å². The van der Waals surface area contributed by atoms with Crippen LogP contribution in [0, 0.1) is 0 Å². The Balaban J connectivity index is 1.50. The number of carbonyl (C=O) groups is 2. The van der Waals surface area contributed by atoms with Crippen LogP contribution >= 0.6 is 0 Å². The molecule has 1 aromatic heterocycles. The van der Waals surface area contributed by atoms with Crippen LogP contribution in [0.1, 0.15) is 44.9 Å². The van der Waals surface area contributed by atoms with Gasteiger partial charge in [0.25, 0.3) is 11.8 Å². The van der Waals surface area contributed by atoms with Crippen molar-refractivity contribution in [2.24, 2.45) is 11.5 Å². The number of hydrogen-bond acceptors (Lipinski definition) is 5. The van der Waals surface area contributed by atoms with Crippen molar-refractivity contribution in [1.82, 2.24) is 9.78 Å². The minimum absolute atomic E-state index is 0.0621. The first-order valence-corrected chi connectivity index (χ1v) is 10.6. The van der Waals surface area contributed by atoms with Crippen LogP contribution in [0.2, 0.25) is 0 Å². The van der Waals surface area contributed by atoms with Crippen molar-refractivity contribution in [2.75, 3.05) is 18.6 Å². The lowest BCUT2D eigenvalue weighted by Gasteiger charge is -2.28. The van der Waals surface area contributed by atoms with Gasteiger partial charge in [-0.15, -0.1) is 0 Å². The largest absolute Gasteiger partial charge is 0.497 e. The third-order valence-corrected chi connectivity index (χ3v) is 6.26. The Kier molecular flexibility index (Phi) is 4.74. The number of methoxy groups -OCH3 is 1. The highest BCUT2D eigenvalue weighted by Gasteiger charge is 2.38. The molecule has 4 N–H and O–H groups in total. The van der Waals surface area contributed by atoms with Gasteiger partial charge in [-0.3, -0.25) is 9.59 Å². The van der Waals surface area contributed by atoms with E-state index in [1.807, 2.05) is 24.3 Å². The zero-order valence-corrected chi connectivity index (χ0v) is 17.9. The second kappa shape index (κ2) is 7.49. The van der Waals surface area contributed by atoms with Crippen molar-refractivity contribution in [3.05, 3.63) is 71.0 Å². The SMILES string of the molecule is COc1ccc(-n2nc(C(N)=O)c3c2C(=O)N(c2ccc(CC4(N)CC4)cc2)CC3)cc1. The van der Waals surface area contributed by atoms with Crippen molar-refractivity contribution in [3.8, 4) is 11.4 Å². The van der Waals surface area contributed by atoms with Crippen LogP contribution in [0.25, 0.3) is 5.69 Å². The molecule has 0 atom stereocenters. The van der Waals surface area contributed by atoms with Crippen molar-refractivity contribution in [3.63, 3.8) is 0 Å². The minimum atomic E-state index is -0.644. The molecule has 2 aromatic carbocycles. The number of amides is 2. The van der Waals surface area contributed by atoms with Gasteiger partial charge in [0, 0.05) is 23.3 Å². The zero-order chi connectivity index (χ0) is 22.5. The third kappa shape index (κ3) is 3.52. The molecular weight excluding hydrogens is 406 g/mol. The second-order valence-electron chi connectivity index (χ2n) is 8.56. The summed E-state index contributed by atoms with van der Waals surface area (Å²) in [7, 11) is 1.58. The Hall–Kier alpha value is -3.65. The molecule has 5 rings (SSSR count). The van der Waals surface area contributed by atoms with Crippen LogP contribution in [0.3, 0.4) is 0 Å². The molecule has 2 aliphatic rings. The lowest BCUT2D eigenvalue weighted by atomic mass is 10.0. The summed E-state index contributed by atoms with van der Waals surface area (Å²) in [5, 5.41) is 4.40. The molecule has 1 aliphatic carbocycles. The lowest BCUT2D eigenvalue weighted by Crippen LogP contribution is -2.39. The van der Waals surface area contributed by atoms with Crippen LogP contribution in [-0.2, 0) is 12.8 Å². The molecule has 32 heavy (non-hydrogen) atoms. The number of benzene rings is 2. The quantitative estimate of drug-likeness (QED) is 0.621. The highest BCUT2D eigenvalue weighted by Crippen LogP contribution is 2.36. The van der Waals surface area contributed by atoms with E-state index in [0.29, 0.717) is 35.7 Å². The summed E-state index contributed by atoms with van der Waals surface area (Å²) in [6.07, 6.45) is 3.44. The average Bonchev–Trinajstić information content (AvgIpc) is 3.38. The first-order valence-electron chi connectivity index (χ1n) is 10.6. The number of aromatic nitrogens is 2. The summed E-state index contributed by atoms with van der Waals surface area (Å²) in [6, 6.07) is 15.1. The van der Waals surface area contributed by atoms with E-state index < -0.39 is 5.91 Å². The van der Waals surface area contributed by atoms with Gasteiger partial charge in [-0.1, -0.05) is 12.1 Å². The second-order valence-corrected chi connectivity index (χ2v) is 8.56. The fraction of sp³-hybridized carbons (Fsp3) is 0.292. The van der Waals surface area contributed by atoms with Crippen molar-refractivity contribution in [1.29, 1.82) is 0 Å². The average molecular weight is 431 g/mol. The number of ether oxygens (including phenoxy) is 1. The normalized spacial score (nSPS) is 16.6. The first kappa shape index (κ1) is 20.3. The molecule has 0 radical (unpaired) electrons. The number of carbonyl (C=O) groups excluding carboxylic acids is 2. The number of nitrogens with two attached hydrogens (primary N) is 2. The van der Waals surface area contributed by atoms with Crippen molar-refractivity contribution in [2.45, 2.75) is 31.2 Å². The van der Waals surface area contributed by atoms with E-state index in [1.54, 1.807) is 36.3 Å². The van der Waals surface area contributed by atoms with E-state index in [0.717, 1.165) is 30.5 Å². The fourth-order valence-corrected chi connectivity index (χ4v) is 4.25. The Bertz CT molecular complexity index is 1190. The zero-order valence-electron chi connectivity index (χ0n) is 17.9. The van der Waals surface area contributed by atoms with Crippen LogP contribution in [0.4, 0.5) is 5.69 Å². The molecule has 1 saturated carbocycles. The first-order chi connectivity index (χ1) is 15.4. The van der Waals surface area contributed by atoms with Gasteiger partial charge in [-0.2, -0.15) is 5.10 Å². The summed E-state index contributed by atoms with van der Waals surface area (Å²) in [4.78, 5) is 27.3. The van der Waals surface area contributed by atoms with Crippen LogP contribution < -0.4 is 21.1 Å². The van der Waals surface area contributed by atoms with Gasteiger partial charge in [0.05, 0.1) is 12.8 Å². The van der Waals surface area contributed by atoms with Gasteiger partial charge in [-0.05, 0) is 67.6 Å². The van der Waals surface area contributed by atoms with E-state index in [9.17, 15) is 9.59 Å². The highest BCUT2D eigenvalue weighted by molar-refractivity contribution is 6.09. The molecule has 2 amide bonds. The van der Waals surface area contributed by atoms with Crippen molar-refractivity contribution >= 4 is 17.5 Å². The molecule has 8 heteroatoms. The summed E-state index contributed by atoms with van der Waals surface area (Å²) in [5.41, 5.74) is 15.4. The maximum Gasteiger partial charge on any atom is 0.277 e. The summed E-state index contributed by atoms with van der Waals surface area (Å²) in [6.45, 7) is 0.445. The molecule has 1 aliphatic heterocycles. The standard InChI is InChI=1S/C24H25N5O3/c1-32-18-8-6-17(7-9-18)29-21-19(20(27-29)22(25)30)10-13-28(23(21)31)16-4-2-15(3-5-16)14-24(26)11-12-24/h2-9H,10-14,26H2,1H3,(H2,25,30). The Morgan fingerprint density at radius 1 is 1.09 bits per heavy atom. The van der Waals surface area contributed by atoms with Crippen LogP contribution in [0.5, 0.6) is 5.75 Å². The van der Waals surface area contributed by atoms with Gasteiger partial charge in [-0.25, -0.2) is 4.68 Å². The number of primary amides is 1. The summed E-state index contributed by atoms with van der Waals surface area (Å²) >= 11 is 0. The Morgan fingerprint density at radius 2 is 1.75 bits per heavy atom. The smallest absolute Gasteiger partial charge is 0.277 e. The molecule has 0 spiro atoms. The molecule has 0 unspecified atom stereocenters. The number of fused-ring (bicyclic) bond motifs is 1. The van der Waals surface area contributed by atoms with E-state index >= 15 is 0 Å². The molecular formula is C24H25N5O3. The number of rotatable bonds is 6. The molecule has 0 saturated heterocycles. The van der Waals surface area contributed by atoms with E-state index in [1.165, 1.54) is 4.68 Å². The lowest BCUT2D eigenvalue weighted by molar-refractivity contribution is 0.0972. The number of anilines is 1. The predicted octanol–water partition coefficient (Wildman–Crippen LogP) is 2.22. The molecule has 164 valence electrons.